The average molecular weight is 1100 g/mol. The van der Waals surface area contributed by atoms with Gasteiger partial charge in [-0.05, 0) is 91.4 Å². The Hall–Kier alpha value is -9.97. The van der Waals surface area contributed by atoms with E-state index in [0.717, 1.165) is 28.3 Å². The maximum absolute atomic E-state index is 15.2. The van der Waals surface area contributed by atoms with E-state index < -0.39 is 17.6 Å². The van der Waals surface area contributed by atoms with E-state index in [4.69, 9.17) is 36.6 Å². The molecular weight excluding hydrogens is 1050 g/mol. The fourth-order valence-corrected chi connectivity index (χ4v) is 9.22. The fraction of sp³-hybridized carbons (Fsp3) is 0.200. The summed E-state index contributed by atoms with van der Waals surface area (Å²) in [5.41, 5.74) is 14.2. The first-order valence-electron chi connectivity index (χ1n) is 25.0. The molecule has 0 atom stereocenters. The van der Waals surface area contributed by atoms with Gasteiger partial charge in [0.2, 0.25) is 5.91 Å². The van der Waals surface area contributed by atoms with Crippen LogP contribution in [0.25, 0.3) is 33.1 Å². The van der Waals surface area contributed by atoms with Gasteiger partial charge in [-0.15, -0.1) is 5.10 Å². The molecule has 0 spiro atoms. The van der Waals surface area contributed by atoms with Gasteiger partial charge < -0.3 is 45.0 Å². The largest absolute Gasteiger partial charge is 0.457 e. The zero-order chi connectivity index (χ0) is 56.0. The Labute approximate surface area is 461 Å². The summed E-state index contributed by atoms with van der Waals surface area (Å²) in [6, 6.07) is 26.4. The van der Waals surface area contributed by atoms with Crippen LogP contribution >= 0.6 is 11.6 Å². The van der Waals surface area contributed by atoms with Crippen LogP contribution in [0.15, 0.2) is 134 Å². The van der Waals surface area contributed by atoms with Gasteiger partial charge in [0.1, 0.15) is 75.3 Å². The molecule has 25 heteroatoms. The van der Waals surface area contributed by atoms with E-state index in [1.165, 1.54) is 35.8 Å². The zero-order valence-electron chi connectivity index (χ0n) is 43.5. The normalized spacial score (nSPS) is 13.4. The number of pyridine rings is 2. The lowest BCUT2D eigenvalue weighted by molar-refractivity contribution is -0.129. The van der Waals surface area contributed by atoms with Crippen molar-refractivity contribution in [2.24, 2.45) is 12.2 Å². The second kappa shape index (κ2) is 23.3. The maximum Gasteiger partial charge on any atom is 0.282 e. The smallest absolute Gasteiger partial charge is 0.282 e. The van der Waals surface area contributed by atoms with Crippen molar-refractivity contribution in [3.63, 3.8) is 0 Å². The van der Waals surface area contributed by atoms with Gasteiger partial charge in [0, 0.05) is 90.3 Å². The highest BCUT2D eigenvalue weighted by Crippen LogP contribution is 2.38. The van der Waals surface area contributed by atoms with Crippen molar-refractivity contribution in [2.75, 3.05) is 85.2 Å². The van der Waals surface area contributed by atoms with Crippen molar-refractivity contribution < 1.29 is 27.8 Å². The third-order valence-corrected chi connectivity index (χ3v) is 13.6. The Morgan fingerprint density at radius 3 is 1.95 bits per heavy atom. The molecule has 0 bridgehead atoms. The van der Waals surface area contributed by atoms with Crippen molar-refractivity contribution in [3.05, 3.63) is 145 Å². The molecule has 2 fully saturated rings. The van der Waals surface area contributed by atoms with Crippen molar-refractivity contribution in [3.8, 4) is 23.0 Å². The Morgan fingerprint density at radius 2 is 1.34 bits per heavy atom. The van der Waals surface area contributed by atoms with E-state index in [1.807, 2.05) is 72.5 Å². The van der Waals surface area contributed by atoms with Crippen LogP contribution in [0.2, 0.25) is 5.02 Å². The van der Waals surface area contributed by atoms with Gasteiger partial charge >= 0.3 is 0 Å². The summed E-state index contributed by atoms with van der Waals surface area (Å²) >= 11 is 6.48. The second-order valence-electron chi connectivity index (χ2n) is 18.3. The summed E-state index contributed by atoms with van der Waals surface area (Å²) in [5, 5.41) is 21.1. The van der Waals surface area contributed by atoms with Crippen LogP contribution in [-0.4, -0.2) is 126 Å². The van der Waals surface area contributed by atoms with E-state index >= 15 is 4.39 Å². The van der Waals surface area contributed by atoms with Crippen LogP contribution in [0, 0.1) is 18.3 Å². The molecule has 0 saturated carbocycles. The second-order valence-corrected chi connectivity index (χ2v) is 18.7. The van der Waals surface area contributed by atoms with Gasteiger partial charge in [-0.2, -0.15) is 5.11 Å². The number of amides is 2. The highest BCUT2D eigenvalue weighted by Gasteiger charge is 2.25. The zero-order valence-corrected chi connectivity index (χ0v) is 44.2. The number of hydrogen-bond donors (Lipinski definition) is 4. The summed E-state index contributed by atoms with van der Waals surface area (Å²) in [7, 11) is 3.57. The van der Waals surface area contributed by atoms with E-state index in [9.17, 15) is 14.0 Å². The Kier molecular flexibility index (Phi) is 15.6. The summed E-state index contributed by atoms with van der Waals surface area (Å²) in [5.74, 6) is 1.84. The molecular formula is C55H51ClF2N18O4. The number of fused-ring (bicyclic) bond motifs is 3. The van der Waals surface area contributed by atoms with Crippen LogP contribution in [0.5, 0.6) is 23.0 Å². The van der Waals surface area contributed by atoms with Gasteiger partial charge in [-0.1, -0.05) is 30.0 Å². The lowest BCUT2D eigenvalue weighted by Gasteiger charge is -2.35. The molecule has 2 saturated heterocycles. The molecule has 80 heavy (non-hydrogen) atoms. The molecule has 9 aromatic rings. The van der Waals surface area contributed by atoms with E-state index in [2.05, 4.69) is 69.4 Å². The molecule has 2 aliphatic rings. The molecule has 406 valence electrons. The molecule has 2 amide bonds. The topological polar surface area (TPSA) is 246 Å². The monoisotopic (exact) mass is 1100 g/mol. The lowest BCUT2D eigenvalue weighted by atomic mass is 10.2. The first-order valence-corrected chi connectivity index (χ1v) is 25.4. The molecule has 4 aromatic carbocycles. The quantitative estimate of drug-likeness (QED) is 0.0584. The summed E-state index contributed by atoms with van der Waals surface area (Å²) < 4.78 is 42.0. The van der Waals surface area contributed by atoms with Gasteiger partial charge in [0.25, 0.3) is 5.91 Å². The number of aryl methyl sites for hydroxylation is 2. The van der Waals surface area contributed by atoms with Crippen LogP contribution < -0.4 is 35.2 Å². The predicted octanol–water partition coefficient (Wildman–Crippen LogP) is 10.2. The fourth-order valence-electron chi connectivity index (χ4n) is 9.02. The molecule has 0 unspecified atom stereocenters. The number of aromatic nitrogens is 9. The van der Waals surface area contributed by atoms with E-state index in [0.29, 0.717) is 120 Å². The molecule has 4 N–H and O–H groups in total. The summed E-state index contributed by atoms with van der Waals surface area (Å²) in [6.45, 7) is 12.7. The molecule has 2 aliphatic heterocycles. The standard InChI is InChI=1S/C28H28FN9O2.C27H23ClFN9O2/c1-17-14-19(4-8-24(17)40-20-5-6-21(31-3)23(15-20)36-30)34-27-26-22(32-16-33-27)7-9-25(35-26)37-10-12-38(13-11-37)28(39)18(2)29;1-3-25(39)38-10-8-37(9-11-38)24-7-5-19-26(33-24)27(31-15-30-19)32-20-13-17(28)23(14-18(20)29)40-16-4-6-22-21(12-16)34-35-36(22)2/h4-9,14-16,30-31H,2,10-13H2,1,3H3,(H,32,33,34);3-7,12-15H,1,8-11H2,2H3,(H,30,31,32). The first kappa shape index (κ1) is 53.4. The third-order valence-electron chi connectivity index (χ3n) is 13.3. The number of carbonyl (C=O) groups is 2. The van der Waals surface area contributed by atoms with Gasteiger partial charge in [0.15, 0.2) is 17.5 Å². The number of rotatable bonds is 14. The maximum atomic E-state index is 15.2. The number of benzene rings is 4. The number of nitrogens with zero attached hydrogens (tertiary/aromatic N) is 14. The van der Waals surface area contributed by atoms with Crippen molar-refractivity contribution in [2.45, 2.75) is 6.92 Å². The predicted molar refractivity (Wildman–Crippen MR) is 301 cm³/mol. The highest BCUT2D eigenvalue weighted by atomic mass is 35.5. The van der Waals surface area contributed by atoms with Crippen LogP contribution in [0.1, 0.15) is 5.56 Å². The van der Waals surface area contributed by atoms with Crippen LogP contribution in [-0.2, 0) is 16.6 Å². The number of piperazine rings is 2. The SMILES string of the molecule is C=C(F)C(=O)N1CCN(c2ccc3ncnc(Nc4ccc(Oc5ccc(NC)c(N=N)c5)c(C)c4)c3n2)CC1.C=CC(=O)N1CCN(c2ccc3ncnc(Nc4cc(Cl)c(Oc5ccc6c(c5)nnn6C)cc4F)c3n2)CC1. The number of ether oxygens (including phenoxy) is 2. The molecule has 11 rings (SSSR count). The Morgan fingerprint density at radius 1 is 0.725 bits per heavy atom. The Balaban J connectivity index is 0.000000180. The molecule has 7 heterocycles. The minimum Gasteiger partial charge on any atom is -0.457 e. The van der Waals surface area contributed by atoms with Crippen LogP contribution in [0.3, 0.4) is 0 Å². The number of halogens is 3. The number of carbonyl (C=O) groups excluding carboxylic acids is 2. The van der Waals surface area contributed by atoms with Crippen molar-refractivity contribution in [1.29, 1.82) is 5.53 Å². The molecule has 5 aromatic heterocycles. The number of nitrogens with one attached hydrogen (secondary N) is 4. The van der Waals surface area contributed by atoms with Crippen molar-refractivity contribution in [1.82, 2.24) is 54.7 Å². The van der Waals surface area contributed by atoms with Gasteiger partial charge in [0.05, 0.1) is 32.9 Å². The van der Waals surface area contributed by atoms with Crippen LogP contribution in [0.4, 0.5) is 54.8 Å². The third kappa shape index (κ3) is 11.6. The lowest BCUT2D eigenvalue weighted by Crippen LogP contribution is -2.49. The first-order chi connectivity index (χ1) is 38.7. The minimum absolute atomic E-state index is 0.0883. The molecule has 0 radical (unpaired) electrons. The van der Waals surface area contributed by atoms with E-state index in [1.54, 1.807) is 41.9 Å². The molecule has 22 nitrogen and oxygen atoms in total. The molecule has 0 aliphatic carbocycles. The van der Waals surface area contributed by atoms with Gasteiger partial charge in [-0.3, -0.25) is 9.59 Å². The number of hydrogen-bond acceptors (Lipinski definition) is 19. The summed E-state index contributed by atoms with van der Waals surface area (Å²) in [6.07, 6.45) is 4.18. The average Bonchev–Trinajstić information content (AvgIpc) is 3.89. The Bertz CT molecular complexity index is 3870. The van der Waals surface area contributed by atoms with Crippen molar-refractivity contribution >= 4 is 103 Å². The highest BCUT2D eigenvalue weighted by molar-refractivity contribution is 6.32. The van der Waals surface area contributed by atoms with Gasteiger partial charge in [-0.25, -0.2) is 48.9 Å². The van der Waals surface area contributed by atoms with E-state index in [-0.39, 0.29) is 22.4 Å². The number of anilines is 7. The summed E-state index contributed by atoms with van der Waals surface area (Å²) in [4.78, 5) is 58.1. The minimum atomic E-state index is -0.947.